The minimum Gasteiger partial charge on any atom is -0.497 e. The molecule has 1 atom stereocenters. The predicted octanol–water partition coefficient (Wildman–Crippen LogP) is 2.88. The third-order valence-corrected chi connectivity index (χ3v) is 3.57. The van der Waals surface area contributed by atoms with Gasteiger partial charge in [-0.3, -0.25) is 0 Å². The number of methoxy groups -OCH3 is 1. The molecular weight excluding hydrogens is 316 g/mol. The van der Waals surface area contributed by atoms with Gasteiger partial charge in [0, 0.05) is 18.1 Å². The molecule has 122 valence electrons. The Morgan fingerprint density at radius 1 is 1.13 bits per heavy atom. The van der Waals surface area contributed by atoms with Crippen LogP contribution in [0.4, 0.5) is 4.79 Å². The minimum atomic E-state index is -0.776. The van der Waals surface area contributed by atoms with Gasteiger partial charge in [0.05, 0.1) is 13.2 Å². The maximum atomic E-state index is 11.7. The maximum Gasteiger partial charge on any atom is 0.315 e. The summed E-state index contributed by atoms with van der Waals surface area (Å²) >= 11 is 5.80. The van der Waals surface area contributed by atoms with Crippen molar-refractivity contribution in [1.82, 2.24) is 10.6 Å². The van der Waals surface area contributed by atoms with E-state index in [0.717, 1.165) is 11.3 Å². The summed E-state index contributed by atoms with van der Waals surface area (Å²) in [6.07, 6.45) is -0.776. The zero-order chi connectivity index (χ0) is 16.7. The van der Waals surface area contributed by atoms with Gasteiger partial charge < -0.3 is 20.5 Å². The van der Waals surface area contributed by atoms with Gasteiger partial charge in [0.1, 0.15) is 5.75 Å². The van der Waals surface area contributed by atoms with Gasteiger partial charge in [-0.1, -0.05) is 35.9 Å². The van der Waals surface area contributed by atoms with Crippen molar-refractivity contribution in [3.63, 3.8) is 0 Å². The quantitative estimate of drug-likeness (QED) is 0.760. The van der Waals surface area contributed by atoms with E-state index < -0.39 is 6.10 Å². The van der Waals surface area contributed by atoms with E-state index in [2.05, 4.69) is 10.6 Å². The highest BCUT2D eigenvalue weighted by Crippen LogP contribution is 2.16. The number of rotatable bonds is 6. The van der Waals surface area contributed by atoms with E-state index in [1.54, 1.807) is 43.5 Å². The monoisotopic (exact) mass is 334 g/mol. The fourth-order valence-electron chi connectivity index (χ4n) is 1.98. The van der Waals surface area contributed by atoms with Gasteiger partial charge in [0.25, 0.3) is 0 Å². The second-order valence-corrected chi connectivity index (χ2v) is 5.42. The molecule has 3 N–H and O–H groups in total. The number of carbonyl (C=O) groups is 1. The van der Waals surface area contributed by atoms with Crippen LogP contribution in [0.1, 0.15) is 17.2 Å². The first-order valence-corrected chi connectivity index (χ1v) is 7.54. The lowest BCUT2D eigenvalue weighted by Gasteiger charge is -2.13. The Bertz CT molecular complexity index is 629. The molecule has 5 nitrogen and oxygen atoms in total. The van der Waals surface area contributed by atoms with Gasteiger partial charge >= 0.3 is 6.03 Å². The Morgan fingerprint density at radius 2 is 1.78 bits per heavy atom. The Labute approximate surface area is 140 Å². The van der Waals surface area contributed by atoms with E-state index in [-0.39, 0.29) is 12.6 Å². The number of aliphatic hydroxyl groups is 1. The Morgan fingerprint density at radius 3 is 2.39 bits per heavy atom. The molecule has 0 saturated carbocycles. The first-order valence-electron chi connectivity index (χ1n) is 7.16. The smallest absolute Gasteiger partial charge is 0.315 e. The number of aliphatic hydroxyl groups excluding tert-OH is 1. The van der Waals surface area contributed by atoms with Crippen molar-refractivity contribution in [3.8, 4) is 5.75 Å². The van der Waals surface area contributed by atoms with Crippen LogP contribution in [0.2, 0.25) is 5.02 Å². The number of carbonyl (C=O) groups excluding carboxylic acids is 1. The molecule has 0 radical (unpaired) electrons. The van der Waals surface area contributed by atoms with Crippen LogP contribution >= 0.6 is 11.6 Å². The molecule has 0 spiro atoms. The number of hydrogen-bond acceptors (Lipinski definition) is 3. The molecule has 0 aliphatic heterocycles. The van der Waals surface area contributed by atoms with Crippen LogP contribution in [-0.2, 0) is 6.54 Å². The standard InChI is InChI=1S/C17H19ClN2O3/c1-23-15-8-4-13(5-9-15)16(21)11-20-17(22)19-10-12-2-6-14(18)7-3-12/h2-9,16,21H,10-11H2,1H3,(H2,19,20,22). The van der Waals surface area contributed by atoms with E-state index in [9.17, 15) is 9.90 Å². The second kappa shape index (κ2) is 8.41. The molecule has 0 aliphatic rings. The summed E-state index contributed by atoms with van der Waals surface area (Å²) in [5.74, 6) is 0.717. The van der Waals surface area contributed by atoms with Gasteiger partial charge in [0.2, 0.25) is 0 Å². The number of urea groups is 1. The molecule has 2 aromatic rings. The summed E-state index contributed by atoms with van der Waals surface area (Å²) in [6.45, 7) is 0.514. The number of amides is 2. The van der Waals surface area contributed by atoms with Crippen molar-refractivity contribution in [2.45, 2.75) is 12.6 Å². The zero-order valence-electron chi connectivity index (χ0n) is 12.8. The average molecular weight is 335 g/mol. The third kappa shape index (κ3) is 5.47. The van der Waals surface area contributed by atoms with Crippen molar-refractivity contribution in [2.75, 3.05) is 13.7 Å². The zero-order valence-corrected chi connectivity index (χ0v) is 13.5. The topological polar surface area (TPSA) is 70.6 Å². The fraction of sp³-hybridized carbons (Fsp3) is 0.235. The van der Waals surface area contributed by atoms with Crippen molar-refractivity contribution in [3.05, 3.63) is 64.7 Å². The molecule has 0 bridgehead atoms. The lowest BCUT2D eigenvalue weighted by atomic mass is 10.1. The van der Waals surface area contributed by atoms with Crippen LogP contribution < -0.4 is 15.4 Å². The van der Waals surface area contributed by atoms with E-state index in [4.69, 9.17) is 16.3 Å². The number of benzene rings is 2. The molecule has 6 heteroatoms. The second-order valence-electron chi connectivity index (χ2n) is 4.98. The van der Waals surface area contributed by atoms with Crippen molar-refractivity contribution in [2.24, 2.45) is 0 Å². The van der Waals surface area contributed by atoms with E-state index in [0.29, 0.717) is 17.1 Å². The fourth-order valence-corrected chi connectivity index (χ4v) is 2.11. The van der Waals surface area contributed by atoms with Crippen molar-refractivity contribution < 1.29 is 14.6 Å². The summed E-state index contributed by atoms with van der Waals surface area (Å²) in [6, 6.07) is 13.9. The van der Waals surface area contributed by atoms with Crippen LogP contribution in [0.5, 0.6) is 5.75 Å². The Kier molecular flexibility index (Phi) is 6.26. The molecule has 2 aromatic carbocycles. The molecule has 0 fully saturated rings. The summed E-state index contributed by atoms with van der Waals surface area (Å²) in [4.78, 5) is 11.7. The van der Waals surface area contributed by atoms with Crippen molar-refractivity contribution in [1.29, 1.82) is 0 Å². The molecule has 0 heterocycles. The summed E-state index contributed by atoms with van der Waals surface area (Å²) in [5, 5.41) is 16.1. The number of ether oxygens (including phenoxy) is 1. The molecule has 2 amide bonds. The molecule has 1 unspecified atom stereocenters. The lowest BCUT2D eigenvalue weighted by Crippen LogP contribution is -2.37. The largest absolute Gasteiger partial charge is 0.497 e. The van der Waals surface area contributed by atoms with Crippen LogP contribution in [0.25, 0.3) is 0 Å². The molecular formula is C17H19ClN2O3. The SMILES string of the molecule is COc1ccc(C(O)CNC(=O)NCc2ccc(Cl)cc2)cc1. The van der Waals surface area contributed by atoms with Gasteiger partial charge in [-0.25, -0.2) is 4.79 Å². The number of hydrogen-bond donors (Lipinski definition) is 3. The van der Waals surface area contributed by atoms with Gasteiger partial charge in [-0.15, -0.1) is 0 Å². The summed E-state index contributed by atoms with van der Waals surface area (Å²) in [7, 11) is 1.58. The lowest BCUT2D eigenvalue weighted by molar-refractivity contribution is 0.173. The third-order valence-electron chi connectivity index (χ3n) is 3.32. The average Bonchev–Trinajstić information content (AvgIpc) is 2.59. The molecule has 2 rings (SSSR count). The Hall–Kier alpha value is -2.24. The van der Waals surface area contributed by atoms with Crippen LogP contribution in [-0.4, -0.2) is 24.8 Å². The van der Waals surface area contributed by atoms with E-state index in [1.807, 2.05) is 12.1 Å². The van der Waals surface area contributed by atoms with Crippen molar-refractivity contribution >= 4 is 17.6 Å². The maximum absolute atomic E-state index is 11.7. The Balaban J connectivity index is 1.75. The highest BCUT2D eigenvalue weighted by molar-refractivity contribution is 6.30. The highest BCUT2D eigenvalue weighted by Gasteiger charge is 2.09. The first-order chi connectivity index (χ1) is 11.1. The molecule has 23 heavy (non-hydrogen) atoms. The molecule has 0 saturated heterocycles. The van der Waals surface area contributed by atoms with Gasteiger partial charge in [-0.05, 0) is 35.4 Å². The first kappa shape index (κ1) is 17.1. The molecule has 0 aromatic heterocycles. The number of nitrogens with one attached hydrogen (secondary N) is 2. The minimum absolute atomic E-state index is 0.124. The summed E-state index contributed by atoms with van der Waals surface area (Å²) < 4.78 is 5.06. The van der Waals surface area contributed by atoms with Gasteiger partial charge in [-0.2, -0.15) is 0 Å². The normalized spacial score (nSPS) is 11.6. The predicted molar refractivity (Wildman–Crippen MR) is 89.6 cm³/mol. The number of halogens is 1. The van der Waals surface area contributed by atoms with Gasteiger partial charge in [0.15, 0.2) is 0 Å². The van der Waals surface area contributed by atoms with Crippen LogP contribution in [0.15, 0.2) is 48.5 Å². The van der Waals surface area contributed by atoms with E-state index in [1.165, 1.54) is 0 Å². The van der Waals surface area contributed by atoms with Crippen LogP contribution in [0, 0.1) is 0 Å². The van der Waals surface area contributed by atoms with Crippen LogP contribution in [0.3, 0.4) is 0 Å². The highest BCUT2D eigenvalue weighted by atomic mass is 35.5. The van der Waals surface area contributed by atoms with E-state index >= 15 is 0 Å². The molecule has 0 aliphatic carbocycles. The summed E-state index contributed by atoms with van der Waals surface area (Å²) in [5.41, 5.74) is 1.66.